The predicted molar refractivity (Wildman–Crippen MR) is 74.0 cm³/mol. The molecule has 0 radical (unpaired) electrons. The Morgan fingerprint density at radius 3 is 2.84 bits per heavy atom. The molecular formula is C15H20N2O2. The number of hydrogen-bond acceptors (Lipinski definition) is 3. The van der Waals surface area contributed by atoms with Gasteiger partial charge in [0.15, 0.2) is 0 Å². The van der Waals surface area contributed by atoms with E-state index in [2.05, 4.69) is 10.6 Å². The minimum absolute atomic E-state index is 0.0316. The zero-order chi connectivity index (χ0) is 13.2. The van der Waals surface area contributed by atoms with Crippen molar-refractivity contribution < 1.29 is 9.90 Å². The summed E-state index contributed by atoms with van der Waals surface area (Å²) >= 11 is 0. The van der Waals surface area contributed by atoms with Crippen molar-refractivity contribution >= 4 is 11.6 Å². The van der Waals surface area contributed by atoms with E-state index in [9.17, 15) is 9.90 Å². The quantitative estimate of drug-likeness (QED) is 0.715. The topological polar surface area (TPSA) is 61.4 Å². The molecule has 3 rings (SSSR count). The molecule has 0 unspecified atom stereocenters. The molecule has 2 fully saturated rings. The molecule has 4 heteroatoms. The fraction of sp³-hybridized carbons (Fsp3) is 0.533. The maximum atomic E-state index is 12.2. The van der Waals surface area contributed by atoms with Crippen LogP contribution in [0.5, 0.6) is 5.75 Å². The van der Waals surface area contributed by atoms with Gasteiger partial charge in [0.2, 0.25) is 5.91 Å². The van der Waals surface area contributed by atoms with E-state index in [4.69, 9.17) is 0 Å². The second kappa shape index (κ2) is 5.21. The van der Waals surface area contributed by atoms with Gasteiger partial charge >= 0.3 is 0 Å². The molecule has 1 saturated heterocycles. The maximum absolute atomic E-state index is 12.2. The molecule has 0 aromatic heterocycles. The normalized spacial score (nSPS) is 29.8. The van der Waals surface area contributed by atoms with Gasteiger partial charge in [0, 0.05) is 6.04 Å². The van der Waals surface area contributed by atoms with Crippen molar-refractivity contribution in [2.45, 2.75) is 44.2 Å². The molecule has 102 valence electrons. The molecule has 1 heterocycles. The second-order valence-electron chi connectivity index (χ2n) is 5.61. The van der Waals surface area contributed by atoms with Crippen molar-refractivity contribution in [1.29, 1.82) is 0 Å². The lowest BCUT2D eigenvalue weighted by molar-refractivity contribution is -0.117. The minimum Gasteiger partial charge on any atom is -0.506 e. The van der Waals surface area contributed by atoms with Crippen LogP contribution in [0.3, 0.4) is 0 Å². The SMILES string of the molecule is O=C(Nc1ccccc1O)[C@H]1C[C@H]2CCCC[C@@H]2N1. The Hall–Kier alpha value is -1.55. The fourth-order valence-electron chi connectivity index (χ4n) is 3.32. The first-order valence-electron chi connectivity index (χ1n) is 7.09. The summed E-state index contributed by atoms with van der Waals surface area (Å²) in [5.41, 5.74) is 0.490. The number of benzene rings is 1. The lowest BCUT2D eigenvalue weighted by Gasteiger charge is -2.24. The smallest absolute Gasteiger partial charge is 0.241 e. The summed E-state index contributed by atoms with van der Waals surface area (Å²) in [5, 5.41) is 15.9. The molecule has 1 saturated carbocycles. The van der Waals surface area contributed by atoms with Crippen LogP contribution in [-0.2, 0) is 4.79 Å². The number of phenolic OH excluding ortho intramolecular Hbond substituents is 1. The van der Waals surface area contributed by atoms with Gasteiger partial charge in [-0.25, -0.2) is 0 Å². The monoisotopic (exact) mass is 260 g/mol. The van der Waals surface area contributed by atoms with Crippen molar-refractivity contribution in [3.8, 4) is 5.75 Å². The van der Waals surface area contributed by atoms with E-state index >= 15 is 0 Å². The number of rotatable bonds is 2. The van der Waals surface area contributed by atoms with Crippen LogP contribution in [0.2, 0.25) is 0 Å². The summed E-state index contributed by atoms with van der Waals surface area (Å²) in [6.45, 7) is 0. The number of para-hydroxylation sites is 2. The third-order valence-corrected chi connectivity index (χ3v) is 4.34. The average molecular weight is 260 g/mol. The van der Waals surface area contributed by atoms with Crippen LogP contribution in [-0.4, -0.2) is 23.1 Å². The molecule has 0 bridgehead atoms. The van der Waals surface area contributed by atoms with Crippen molar-refractivity contribution in [2.24, 2.45) is 5.92 Å². The Morgan fingerprint density at radius 1 is 1.26 bits per heavy atom. The Morgan fingerprint density at radius 2 is 2.05 bits per heavy atom. The van der Waals surface area contributed by atoms with Gasteiger partial charge in [-0.05, 0) is 37.3 Å². The molecule has 2 aliphatic rings. The first-order valence-corrected chi connectivity index (χ1v) is 7.09. The summed E-state index contributed by atoms with van der Waals surface area (Å²) in [7, 11) is 0. The minimum atomic E-state index is -0.118. The van der Waals surface area contributed by atoms with Gasteiger partial charge in [-0.15, -0.1) is 0 Å². The van der Waals surface area contributed by atoms with Crippen LogP contribution in [0.15, 0.2) is 24.3 Å². The molecule has 1 amide bonds. The van der Waals surface area contributed by atoms with Gasteiger partial charge in [0.05, 0.1) is 11.7 Å². The number of carbonyl (C=O) groups is 1. The average Bonchev–Trinajstić information content (AvgIpc) is 2.85. The van der Waals surface area contributed by atoms with Crippen LogP contribution >= 0.6 is 0 Å². The highest BCUT2D eigenvalue weighted by Gasteiger charge is 2.38. The Labute approximate surface area is 113 Å². The van der Waals surface area contributed by atoms with E-state index in [0.29, 0.717) is 17.6 Å². The molecule has 1 aromatic carbocycles. The van der Waals surface area contributed by atoms with Crippen molar-refractivity contribution in [1.82, 2.24) is 5.32 Å². The number of nitrogens with one attached hydrogen (secondary N) is 2. The molecule has 0 spiro atoms. The molecule has 3 N–H and O–H groups in total. The number of amides is 1. The third kappa shape index (κ3) is 2.59. The van der Waals surface area contributed by atoms with Crippen molar-refractivity contribution in [3.05, 3.63) is 24.3 Å². The van der Waals surface area contributed by atoms with Gasteiger partial charge < -0.3 is 15.7 Å². The zero-order valence-corrected chi connectivity index (χ0v) is 10.9. The van der Waals surface area contributed by atoms with E-state index in [1.807, 2.05) is 0 Å². The summed E-state index contributed by atoms with van der Waals surface area (Å²) in [5.74, 6) is 0.732. The molecule has 4 nitrogen and oxygen atoms in total. The van der Waals surface area contributed by atoms with Gasteiger partial charge in [-0.3, -0.25) is 4.79 Å². The molecule has 1 aliphatic heterocycles. The predicted octanol–water partition coefficient (Wildman–Crippen LogP) is 2.25. The van der Waals surface area contributed by atoms with E-state index in [1.54, 1.807) is 24.3 Å². The molecule has 1 aliphatic carbocycles. The summed E-state index contributed by atoms with van der Waals surface area (Å²) in [4.78, 5) is 12.2. The van der Waals surface area contributed by atoms with Gasteiger partial charge in [-0.1, -0.05) is 25.0 Å². The van der Waals surface area contributed by atoms with E-state index in [1.165, 1.54) is 25.7 Å². The number of fused-ring (bicyclic) bond motifs is 1. The lowest BCUT2D eigenvalue weighted by atomic mass is 9.85. The number of carbonyl (C=O) groups excluding carboxylic acids is 1. The standard InChI is InChI=1S/C15H20N2O2/c18-14-8-4-3-7-12(14)17-15(19)13-9-10-5-1-2-6-11(10)16-13/h3-4,7-8,10-11,13,16,18H,1-2,5-6,9H2,(H,17,19)/t10-,11+,13-/m1/s1. The lowest BCUT2D eigenvalue weighted by Crippen LogP contribution is -2.39. The van der Waals surface area contributed by atoms with Gasteiger partial charge in [0.25, 0.3) is 0 Å². The molecule has 3 atom stereocenters. The van der Waals surface area contributed by atoms with Crippen molar-refractivity contribution in [2.75, 3.05) is 5.32 Å². The molecule has 1 aromatic rings. The van der Waals surface area contributed by atoms with Crippen molar-refractivity contribution in [3.63, 3.8) is 0 Å². The van der Waals surface area contributed by atoms with Crippen LogP contribution < -0.4 is 10.6 Å². The summed E-state index contributed by atoms with van der Waals surface area (Å²) in [6, 6.07) is 7.23. The van der Waals surface area contributed by atoms with E-state index in [-0.39, 0.29) is 17.7 Å². The number of aromatic hydroxyl groups is 1. The second-order valence-corrected chi connectivity index (χ2v) is 5.61. The third-order valence-electron chi connectivity index (χ3n) is 4.34. The first kappa shape index (κ1) is 12.5. The Bertz CT molecular complexity index is 461. The summed E-state index contributed by atoms with van der Waals surface area (Å²) in [6.07, 6.45) is 5.89. The first-order chi connectivity index (χ1) is 9.24. The maximum Gasteiger partial charge on any atom is 0.241 e. The Balaban J connectivity index is 1.64. The largest absolute Gasteiger partial charge is 0.506 e. The highest BCUT2D eigenvalue weighted by molar-refractivity contribution is 5.96. The number of anilines is 1. The summed E-state index contributed by atoms with van der Waals surface area (Å²) < 4.78 is 0. The van der Waals surface area contributed by atoms with Gasteiger partial charge in [-0.2, -0.15) is 0 Å². The fourth-order valence-corrected chi connectivity index (χ4v) is 3.32. The van der Waals surface area contributed by atoms with E-state index in [0.717, 1.165) is 6.42 Å². The van der Waals surface area contributed by atoms with Gasteiger partial charge in [0.1, 0.15) is 5.75 Å². The van der Waals surface area contributed by atoms with Crippen LogP contribution in [0.25, 0.3) is 0 Å². The van der Waals surface area contributed by atoms with E-state index < -0.39 is 0 Å². The van der Waals surface area contributed by atoms with Crippen LogP contribution in [0, 0.1) is 5.92 Å². The highest BCUT2D eigenvalue weighted by atomic mass is 16.3. The molecular weight excluding hydrogens is 240 g/mol. The number of hydrogen-bond donors (Lipinski definition) is 3. The molecule has 19 heavy (non-hydrogen) atoms. The zero-order valence-electron chi connectivity index (χ0n) is 10.9. The van der Waals surface area contributed by atoms with Crippen LogP contribution in [0.4, 0.5) is 5.69 Å². The number of phenols is 1. The highest BCUT2D eigenvalue weighted by Crippen LogP contribution is 2.33. The Kier molecular flexibility index (Phi) is 3.42. The van der Waals surface area contributed by atoms with Crippen LogP contribution in [0.1, 0.15) is 32.1 Å².